The summed E-state index contributed by atoms with van der Waals surface area (Å²) in [6.45, 7) is 1.05. The first-order valence-corrected chi connectivity index (χ1v) is 9.51. The number of carbonyl (C=O) groups excluding carboxylic acids is 2. The van der Waals surface area contributed by atoms with Gasteiger partial charge in [0.25, 0.3) is 5.91 Å². The van der Waals surface area contributed by atoms with E-state index in [-0.39, 0.29) is 30.1 Å². The van der Waals surface area contributed by atoms with Gasteiger partial charge in [-0.25, -0.2) is 4.39 Å². The van der Waals surface area contributed by atoms with E-state index in [0.29, 0.717) is 30.6 Å². The Morgan fingerprint density at radius 1 is 1.25 bits per heavy atom. The molecule has 0 unspecified atom stereocenters. The molecular weight excluding hydrogens is 359 g/mol. The second-order valence-electron chi connectivity index (χ2n) is 7.09. The van der Waals surface area contributed by atoms with E-state index in [1.165, 1.54) is 6.07 Å². The predicted octanol–water partition coefficient (Wildman–Crippen LogP) is 1.90. The van der Waals surface area contributed by atoms with E-state index in [9.17, 15) is 14.0 Å². The quantitative estimate of drug-likeness (QED) is 0.763. The van der Waals surface area contributed by atoms with Crippen LogP contribution in [-0.4, -0.2) is 46.9 Å². The van der Waals surface area contributed by atoms with Gasteiger partial charge in [0.05, 0.1) is 0 Å². The van der Waals surface area contributed by atoms with Crippen molar-refractivity contribution in [3.8, 4) is 0 Å². The van der Waals surface area contributed by atoms with E-state index in [4.69, 9.17) is 5.73 Å². The first-order valence-electron chi connectivity index (χ1n) is 9.51. The minimum Gasteiger partial charge on any atom is -0.350 e. The minimum absolute atomic E-state index is 0.0426. The molecule has 1 aromatic carbocycles. The van der Waals surface area contributed by atoms with Crippen LogP contribution in [0.25, 0.3) is 0 Å². The molecule has 1 fully saturated rings. The molecule has 3 N–H and O–H groups in total. The molecule has 0 saturated carbocycles. The van der Waals surface area contributed by atoms with Crippen LogP contribution in [0.1, 0.15) is 35.2 Å². The van der Waals surface area contributed by atoms with Crippen molar-refractivity contribution in [3.63, 3.8) is 0 Å². The number of amides is 2. The van der Waals surface area contributed by atoms with Gasteiger partial charge in [-0.15, -0.1) is 0 Å². The summed E-state index contributed by atoms with van der Waals surface area (Å²) < 4.78 is 13.8. The molecular formula is C21H25FN4O2. The average molecular weight is 384 g/mol. The molecule has 1 aromatic heterocycles. The number of nitrogens with zero attached hydrogens (tertiary/aromatic N) is 2. The number of rotatable bonds is 7. The van der Waals surface area contributed by atoms with Gasteiger partial charge < -0.3 is 16.0 Å². The van der Waals surface area contributed by atoms with Gasteiger partial charge in [0.1, 0.15) is 5.82 Å². The Hall–Kier alpha value is -2.80. The number of benzene rings is 1. The topological polar surface area (TPSA) is 88.3 Å². The maximum Gasteiger partial charge on any atom is 0.251 e. The lowest BCUT2D eigenvalue weighted by molar-refractivity contribution is -0.132. The fourth-order valence-corrected chi connectivity index (χ4v) is 3.55. The van der Waals surface area contributed by atoms with Crippen molar-refractivity contribution in [2.24, 2.45) is 5.73 Å². The first-order chi connectivity index (χ1) is 13.5. The Bertz CT molecular complexity index is 815. The molecule has 0 bridgehead atoms. The standard InChI is InChI=1S/C21H25FN4O2/c22-19-6-2-1-4-16(19)12-17(23)13-20(27)26-11-3-5-18(26)14-25-21(28)15-7-9-24-10-8-15/h1-2,4,6-10,17-18H,3,5,11-14,23H2,(H,25,28)/t17-,18+/m1/s1. The van der Waals surface area contributed by atoms with Crippen LogP contribution >= 0.6 is 0 Å². The average Bonchev–Trinajstić information content (AvgIpc) is 3.17. The van der Waals surface area contributed by atoms with Crippen LogP contribution in [0.15, 0.2) is 48.8 Å². The Morgan fingerprint density at radius 3 is 2.75 bits per heavy atom. The van der Waals surface area contributed by atoms with Gasteiger partial charge in [-0.05, 0) is 43.0 Å². The third kappa shape index (κ3) is 5.13. The largest absolute Gasteiger partial charge is 0.350 e. The van der Waals surface area contributed by atoms with Crippen molar-refractivity contribution in [2.75, 3.05) is 13.1 Å². The molecule has 6 nitrogen and oxygen atoms in total. The summed E-state index contributed by atoms with van der Waals surface area (Å²) >= 11 is 0. The SMILES string of the molecule is N[C@@H](CC(=O)N1CCC[C@H]1CNC(=O)c1ccncc1)Cc1ccccc1F. The summed E-state index contributed by atoms with van der Waals surface area (Å²) in [6.07, 6.45) is 5.34. The molecule has 1 aliphatic heterocycles. The highest BCUT2D eigenvalue weighted by atomic mass is 19.1. The third-order valence-electron chi connectivity index (χ3n) is 5.01. The highest BCUT2D eigenvalue weighted by Gasteiger charge is 2.29. The highest BCUT2D eigenvalue weighted by molar-refractivity contribution is 5.94. The number of carbonyl (C=O) groups is 2. The fraction of sp³-hybridized carbons (Fsp3) is 0.381. The molecule has 2 aromatic rings. The molecule has 3 rings (SSSR count). The number of hydrogen-bond donors (Lipinski definition) is 2. The number of pyridine rings is 1. The number of hydrogen-bond acceptors (Lipinski definition) is 4. The Labute approximate surface area is 163 Å². The van der Waals surface area contributed by atoms with Crippen molar-refractivity contribution >= 4 is 11.8 Å². The summed E-state index contributed by atoms with van der Waals surface area (Å²) in [6, 6.07) is 9.28. The van der Waals surface area contributed by atoms with E-state index in [2.05, 4.69) is 10.3 Å². The second kappa shape index (κ2) is 9.41. The molecule has 148 valence electrons. The fourth-order valence-electron chi connectivity index (χ4n) is 3.55. The molecule has 7 heteroatoms. The summed E-state index contributed by atoms with van der Waals surface area (Å²) in [4.78, 5) is 30.6. The van der Waals surface area contributed by atoms with E-state index in [1.54, 1.807) is 47.6 Å². The molecule has 0 radical (unpaired) electrons. The van der Waals surface area contributed by atoms with Crippen molar-refractivity contribution in [3.05, 3.63) is 65.7 Å². The molecule has 28 heavy (non-hydrogen) atoms. The zero-order chi connectivity index (χ0) is 19.9. The maximum absolute atomic E-state index is 13.8. The van der Waals surface area contributed by atoms with Crippen molar-refractivity contribution in [1.82, 2.24) is 15.2 Å². The summed E-state index contributed by atoms with van der Waals surface area (Å²) in [5, 5.41) is 2.88. The van der Waals surface area contributed by atoms with E-state index in [0.717, 1.165) is 12.8 Å². The summed E-state index contributed by atoms with van der Waals surface area (Å²) in [5.74, 6) is -0.536. The molecule has 1 aliphatic rings. The van der Waals surface area contributed by atoms with Crippen molar-refractivity contribution in [2.45, 2.75) is 37.8 Å². The third-order valence-corrected chi connectivity index (χ3v) is 5.01. The lowest BCUT2D eigenvalue weighted by Crippen LogP contribution is -2.45. The molecule has 2 amide bonds. The number of halogens is 1. The Balaban J connectivity index is 1.51. The van der Waals surface area contributed by atoms with Gasteiger partial charge in [-0.2, -0.15) is 0 Å². The van der Waals surface area contributed by atoms with E-state index >= 15 is 0 Å². The van der Waals surface area contributed by atoms with Crippen LogP contribution in [0, 0.1) is 5.82 Å². The second-order valence-corrected chi connectivity index (χ2v) is 7.09. The van der Waals surface area contributed by atoms with Crippen LogP contribution in [0.4, 0.5) is 4.39 Å². The normalized spacial score (nSPS) is 17.4. The first kappa shape index (κ1) is 19.9. The number of nitrogens with one attached hydrogen (secondary N) is 1. The smallest absolute Gasteiger partial charge is 0.251 e. The van der Waals surface area contributed by atoms with Gasteiger partial charge >= 0.3 is 0 Å². The molecule has 2 atom stereocenters. The maximum atomic E-state index is 13.8. The monoisotopic (exact) mass is 384 g/mol. The zero-order valence-electron chi connectivity index (χ0n) is 15.7. The van der Waals surface area contributed by atoms with Crippen LogP contribution in [0.5, 0.6) is 0 Å². The molecule has 0 spiro atoms. The van der Waals surface area contributed by atoms with Gasteiger partial charge in [0.15, 0.2) is 0 Å². The van der Waals surface area contributed by atoms with Crippen LogP contribution < -0.4 is 11.1 Å². The number of nitrogens with two attached hydrogens (primary N) is 1. The summed E-state index contributed by atoms with van der Waals surface area (Å²) in [7, 11) is 0. The highest BCUT2D eigenvalue weighted by Crippen LogP contribution is 2.19. The van der Waals surface area contributed by atoms with E-state index in [1.807, 2.05) is 0 Å². The number of likely N-dealkylation sites (tertiary alicyclic amines) is 1. The Kier molecular flexibility index (Phi) is 6.71. The van der Waals surface area contributed by atoms with Gasteiger partial charge in [-0.3, -0.25) is 14.6 Å². The lowest BCUT2D eigenvalue weighted by Gasteiger charge is -2.26. The molecule has 2 heterocycles. The van der Waals surface area contributed by atoms with Gasteiger partial charge in [0, 0.05) is 49.6 Å². The molecule has 1 saturated heterocycles. The predicted molar refractivity (Wildman–Crippen MR) is 104 cm³/mol. The minimum atomic E-state index is -0.447. The van der Waals surface area contributed by atoms with Crippen molar-refractivity contribution < 1.29 is 14.0 Å². The van der Waals surface area contributed by atoms with Crippen LogP contribution in [0.2, 0.25) is 0 Å². The molecule has 0 aliphatic carbocycles. The number of aromatic nitrogens is 1. The van der Waals surface area contributed by atoms with Crippen LogP contribution in [0.3, 0.4) is 0 Å². The van der Waals surface area contributed by atoms with E-state index < -0.39 is 6.04 Å². The Morgan fingerprint density at radius 2 is 2.00 bits per heavy atom. The summed E-state index contributed by atoms with van der Waals surface area (Å²) in [5.41, 5.74) is 7.16. The van der Waals surface area contributed by atoms with Crippen LogP contribution in [-0.2, 0) is 11.2 Å². The van der Waals surface area contributed by atoms with Crippen molar-refractivity contribution in [1.29, 1.82) is 0 Å². The zero-order valence-corrected chi connectivity index (χ0v) is 15.7. The lowest BCUT2D eigenvalue weighted by atomic mass is 10.0. The van der Waals surface area contributed by atoms with Gasteiger partial charge in [0.2, 0.25) is 5.91 Å². The van der Waals surface area contributed by atoms with Gasteiger partial charge in [-0.1, -0.05) is 18.2 Å².